The Morgan fingerprint density at radius 1 is 0.269 bits per heavy atom. The molecule has 78 heavy (non-hydrogen) atoms. The molecule has 0 aliphatic rings. The summed E-state index contributed by atoms with van der Waals surface area (Å²) in [5.74, 6) is -0.858. The van der Waals surface area contributed by atoms with Crippen LogP contribution in [0.25, 0.3) is 0 Å². The van der Waals surface area contributed by atoms with E-state index < -0.39 is 6.10 Å². The minimum absolute atomic E-state index is 0.0718. The first-order chi connectivity index (χ1) is 38.5. The molecule has 0 N–H and O–H groups in total. The summed E-state index contributed by atoms with van der Waals surface area (Å²) < 4.78 is 16.9. The van der Waals surface area contributed by atoms with Crippen LogP contribution >= 0.6 is 0 Å². The Balaban J connectivity index is 4.16. The number of hydrogen-bond acceptors (Lipinski definition) is 6. The lowest BCUT2D eigenvalue weighted by Gasteiger charge is -2.18. The molecule has 0 saturated carbocycles. The lowest BCUT2D eigenvalue weighted by atomic mass is 10.0. The van der Waals surface area contributed by atoms with Gasteiger partial charge in [-0.2, -0.15) is 0 Å². The monoisotopic (exact) mass is 1090 g/mol. The molecule has 0 heterocycles. The molecule has 0 saturated heterocycles. The zero-order valence-corrected chi connectivity index (χ0v) is 51.9. The summed E-state index contributed by atoms with van der Waals surface area (Å²) in [4.78, 5) is 38.3. The zero-order valence-electron chi connectivity index (χ0n) is 51.9. The van der Waals surface area contributed by atoms with Crippen molar-refractivity contribution in [3.05, 3.63) is 72.9 Å². The molecule has 0 aromatic carbocycles. The van der Waals surface area contributed by atoms with Gasteiger partial charge >= 0.3 is 17.9 Å². The van der Waals surface area contributed by atoms with E-state index in [1.165, 1.54) is 218 Å². The van der Waals surface area contributed by atoms with Gasteiger partial charge in [-0.25, -0.2) is 0 Å². The summed E-state index contributed by atoms with van der Waals surface area (Å²) in [7, 11) is 0. The molecule has 0 aromatic heterocycles. The second-order valence-corrected chi connectivity index (χ2v) is 22.7. The largest absolute Gasteiger partial charge is 0.462 e. The summed E-state index contributed by atoms with van der Waals surface area (Å²) >= 11 is 0. The van der Waals surface area contributed by atoms with Gasteiger partial charge in [-0.3, -0.25) is 14.4 Å². The molecule has 6 nitrogen and oxygen atoms in total. The van der Waals surface area contributed by atoms with E-state index in [1.807, 2.05) is 0 Å². The van der Waals surface area contributed by atoms with Crippen molar-refractivity contribution >= 4 is 17.9 Å². The number of carbonyl (C=O) groups excluding carboxylic acids is 3. The fraction of sp³-hybridized carbons (Fsp3) is 0.792. The summed E-state index contributed by atoms with van der Waals surface area (Å²) in [6.45, 7) is 6.56. The van der Waals surface area contributed by atoms with E-state index in [1.54, 1.807) is 0 Å². The standard InChI is InChI=1S/C72H128O6/c1-4-7-10-13-16-19-22-24-26-28-30-31-32-33-34-35-36-37-38-39-40-41-42-44-45-47-50-53-56-59-62-65-71(74)77-68-69(67-76-70(73)64-61-58-55-52-49-21-18-15-12-9-6-3)78-72(75)66-63-60-57-54-51-48-46-43-29-27-25-23-20-17-14-11-8-5-2/h7,10,16,19,24,26-27,29-31,33-34,69H,4-6,8-9,11-15,17-18,20-23,25,28,32,35-68H2,1-3H3/b10-7-,19-16-,26-24-,29-27-,31-30-,34-33-. The Hall–Kier alpha value is -3.15. The topological polar surface area (TPSA) is 78.9 Å². The third kappa shape index (κ3) is 63.7. The van der Waals surface area contributed by atoms with Gasteiger partial charge in [0.05, 0.1) is 0 Å². The maximum absolute atomic E-state index is 12.9. The number of unbranched alkanes of at least 4 members (excludes halogenated alkanes) is 39. The number of carbonyl (C=O) groups is 3. The summed E-state index contributed by atoms with van der Waals surface area (Å²) in [5, 5.41) is 0. The van der Waals surface area contributed by atoms with Crippen LogP contribution in [0.1, 0.15) is 348 Å². The van der Waals surface area contributed by atoms with Crippen molar-refractivity contribution in [2.45, 2.75) is 354 Å². The summed E-state index contributed by atoms with van der Waals surface area (Å²) in [6, 6.07) is 0. The van der Waals surface area contributed by atoms with Crippen LogP contribution in [-0.4, -0.2) is 37.2 Å². The van der Waals surface area contributed by atoms with Crippen LogP contribution in [0.5, 0.6) is 0 Å². The number of hydrogen-bond donors (Lipinski definition) is 0. The van der Waals surface area contributed by atoms with Gasteiger partial charge in [-0.15, -0.1) is 0 Å². The quantitative estimate of drug-likeness (QED) is 0.0261. The molecule has 1 atom stereocenters. The van der Waals surface area contributed by atoms with Crippen molar-refractivity contribution in [2.24, 2.45) is 0 Å². The third-order valence-corrected chi connectivity index (χ3v) is 14.9. The number of esters is 3. The molecule has 0 bridgehead atoms. The predicted molar refractivity (Wildman–Crippen MR) is 339 cm³/mol. The second kappa shape index (κ2) is 66.4. The minimum Gasteiger partial charge on any atom is -0.462 e. The highest BCUT2D eigenvalue weighted by Crippen LogP contribution is 2.17. The van der Waals surface area contributed by atoms with Gasteiger partial charge in [-0.1, -0.05) is 312 Å². The van der Waals surface area contributed by atoms with Crippen molar-refractivity contribution in [1.29, 1.82) is 0 Å². The Bertz CT molecular complexity index is 1440. The van der Waals surface area contributed by atoms with E-state index in [0.717, 1.165) is 89.9 Å². The molecular formula is C72H128O6. The molecular weight excluding hydrogens is 961 g/mol. The number of rotatable bonds is 62. The lowest BCUT2D eigenvalue weighted by Crippen LogP contribution is -2.30. The van der Waals surface area contributed by atoms with Gasteiger partial charge in [0.25, 0.3) is 0 Å². The molecule has 0 aliphatic carbocycles. The first-order valence-electron chi connectivity index (χ1n) is 33.9. The van der Waals surface area contributed by atoms with Crippen LogP contribution in [0.4, 0.5) is 0 Å². The molecule has 0 aromatic rings. The number of allylic oxidation sites excluding steroid dienone is 12. The van der Waals surface area contributed by atoms with E-state index in [-0.39, 0.29) is 31.1 Å². The average molecular weight is 1090 g/mol. The maximum Gasteiger partial charge on any atom is 0.306 e. The molecule has 6 heteroatoms. The summed E-state index contributed by atoms with van der Waals surface area (Å²) in [5.41, 5.74) is 0. The van der Waals surface area contributed by atoms with Crippen molar-refractivity contribution < 1.29 is 28.6 Å². The summed E-state index contributed by atoms with van der Waals surface area (Å²) in [6.07, 6.45) is 86.4. The van der Waals surface area contributed by atoms with E-state index >= 15 is 0 Å². The molecule has 452 valence electrons. The van der Waals surface area contributed by atoms with Crippen LogP contribution in [0.15, 0.2) is 72.9 Å². The molecule has 0 amide bonds. The molecule has 0 radical (unpaired) electrons. The van der Waals surface area contributed by atoms with Gasteiger partial charge in [0, 0.05) is 19.3 Å². The van der Waals surface area contributed by atoms with E-state index in [9.17, 15) is 14.4 Å². The van der Waals surface area contributed by atoms with Gasteiger partial charge in [-0.05, 0) is 89.9 Å². The second-order valence-electron chi connectivity index (χ2n) is 22.7. The zero-order chi connectivity index (χ0) is 56.4. The van der Waals surface area contributed by atoms with Crippen molar-refractivity contribution in [2.75, 3.05) is 13.2 Å². The Morgan fingerprint density at radius 3 is 0.795 bits per heavy atom. The highest BCUT2D eigenvalue weighted by atomic mass is 16.6. The van der Waals surface area contributed by atoms with Crippen molar-refractivity contribution in [3.63, 3.8) is 0 Å². The van der Waals surface area contributed by atoms with E-state index in [4.69, 9.17) is 14.2 Å². The molecule has 0 aliphatic heterocycles. The smallest absolute Gasteiger partial charge is 0.306 e. The number of ether oxygens (including phenoxy) is 3. The third-order valence-electron chi connectivity index (χ3n) is 14.9. The Morgan fingerprint density at radius 2 is 0.500 bits per heavy atom. The molecule has 1 unspecified atom stereocenters. The van der Waals surface area contributed by atoms with Crippen LogP contribution in [0, 0.1) is 0 Å². The van der Waals surface area contributed by atoms with Gasteiger partial charge < -0.3 is 14.2 Å². The predicted octanol–water partition coefficient (Wildman–Crippen LogP) is 23.3. The highest BCUT2D eigenvalue weighted by molar-refractivity contribution is 5.71. The SMILES string of the molecule is CC/C=C\C/C=C\C/C=C\C/C=C\C/C=C\CCCCCCCCCCCCCCCCCC(=O)OCC(COC(=O)CCCCCCCCCCCCC)OC(=O)CCCCCCCCC/C=C\CCCCCCCCC. The van der Waals surface area contributed by atoms with Crippen molar-refractivity contribution in [3.8, 4) is 0 Å². The average Bonchev–Trinajstić information content (AvgIpc) is 3.44. The van der Waals surface area contributed by atoms with Gasteiger partial charge in [0.15, 0.2) is 6.10 Å². The lowest BCUT2D eigenvalue weighted by molar-refractivity contribution is -0.167. The Kier molecular flexibility index (Phi) is 63.7. The first kappa shape index (κ1) is 74.8. The van der Waals surface area contributed by atoms with Gasteiger partial charge in [0.1, 0.15) is 13.2 Å². The molecule has 0 fully saturated rings. The van der Waals surface area contributed by atoms with Crippen LogP contribution < -0.4 is 0 Å². The van der Waals surface area contributed by atoms with E-state index in [2.05, 4.69) is 93.7 Å². The fourth-order valence-electron chi connectivity index (χ4n) is 9.88. The molecule has 0 spiro atoms. The van der Waals surface area contributed by atoms with E-state index in [0.29, 0.717) is 19.3 Å². The van der Waals surface area contributed by atoms with Gasteiger partial charge in [0.2, 0.25) is 0 Å². The maximum atomic E-state index is 12.9. The van der Waals surface area contributed by atoms with Crippen LogP contribution in [-0.2, 0) is 28.6 Å². The first-order valence-corrected chi connectivity index (χ1v) is 33.9. The van der Waals surface area contributed by atoms with Crippen LogP contribution in [0.3, 0.4) is 0 Å². The van der Waals surface area contributed by atoms with Crippen LogP contribution in [0.2, 0.25) is 0 Å². The minimum atomic E-state index is -0.775. The highest BCUT2D eigenvalue weighted by Gasteiger charge is 2.19. The normalized spacial score (nSPS) is 12.5. The van der Waals surface area contributed by atoms with Crippen molar-refractivity contribution in [1.82, 2.24) is 0 Å². The Labute approximate surface area is 484 Å². The fourth-order valence-corrected chi connectivity index (χ4v) is 9.88. The molecule has 0 rings (SSSR count).